The molecule has 5 heteroatoms. The summed E-state index contributed by atoms with van der Waals surface area (Å²) in [5.74, 6) is 1.38. The van der Waals surface area contributed by atoms with Crippen LogP contribution in [0.3, 0.4) is 0 Å². The first-order valence-electron chi connectivity index (χ1n) is 8.61. The van der Waals surface area contributed by atoms with Crippen LogP contribution in [-0.2, 0) is 6.42 Å². The van der Waals surface area contributed by atoms with Crippen molar-refractivity contribution >= 4 is 11.9 Å². The highest BCUT2D eigenvalue weighted by Crippen LogP contribution is 2.19. The van der Waals surface area contributed by atoms with Crippen LogP contribution in [0.5, 0.6) is 0 Å². The van der Waals surface area contributed by atoms with Crippen molar-refractivity contribution < 1.29 is 4.79 Å². The summed E-state index contributed by atoms with van der Waals surface area (Å²) in [5.41, 5.74) is 1.72. The number of aromatic nitrogens is 2. The lowest BCUT2D eigenvalue weighted by molar-refractivity contribution is 0.0953. The quantitative estimate of drug-likeness (QED) is 0.919. The van der Waals surface area contributed by atoms with Gasteiger partial charge in [0.1, 0.15) is 0 Å². The average Bonchev–Trinajstić information content (AvgIpc) is 2.63. The van der Waals surface area contributed by atoms with E-state index in [0.717, 1.165) is 31.4 Å². The summed E-state index contributed by atoms with van der Waals surface area (Å²) in [7, 11) is 0. The molecule has 5 nitrogen and oxygen atoms in total. The normalized spacial score (nSPS) is 15.3. The first kappa shape index (κ1) is 16.4. The minimum Gasteiger partial charge on any atom is -0.352 e. The molecule has 0 atom stereocenters. The highest BCUT2D eigenvalue weighted by Gasteiger charge is 2.18. The third kappa shape index (κ3) is 4.31. The van der Waals surface area contributed by atoms with Gasteiger partial charge < -0.3 is 10.2 Å². The molecule has 1 amide bonds. The second kappa shape index (κ2) is 7.90. The van der Waals surface area contributed by atoms with E-state index in [2.05, 4.69) is 39.2 Å². The summed E-state index contributed by atoms with van der Waals surface area (Å²) in [6.07, 6.45) is 6.41. The maximum atomic E-state index is 12.2. The summed E-state index contributed by atoms with van der Waals surface area (Å²) < 4.78 is 0. The van der Waals surface area contributed by atoms with Crippen LogP contribution < -0.4 is 10.2 Å². The molecule has 0 aliphatic carbocycles. The Bertz CT molecular complexity index is 649. The third-order valence-electron chi connectivity index (χ3n) is 4.51. The number of hydrogen-bond acceptors (Lipinski definition) is 4. The Labute approximate surface area is 143 Å². The van der Waals surface area contributed by atoms with Gasteiger partial charge in [-0.15, -0.1) is 0 Å². The largest absolute Gasteiger partial charge is 0.352 e. The van der Waals surface area contributed by atoms with Gasteiger partial charge in [0.2, 0.25) is 5.95 Å². The van der Waals surface area contributed by atoms with E-state index in [1.807, 2.05) is 18.2 Å². The zero-order chi connectivity index (χ0) is 16.8. The van der Waals surface area contributed by atoms with Crippen LogP contribution in [0.15, 0.2) is 42.7 Å². The molecule has 0 bridgehead atoms. The van der Waals surface area contributed by atoms with Crippen LogP contribution in [0.25, 0.3) is 0 Å². The molecule has 1 fully saturated rings. The second-order valence-corrected chi connectivity index (χ2v) is 6.43. The predicted molar refractivity (Wildman–Crippen MR) is 95.1 cm³/mol. The number of piperidine rings is 1. The van der Waals surface area contributed by atoms with Gasteiger partial charge >= 0.3 is 0 Å². The fraction of sp³-hybridized carbons (Fsp3) is 0.421. The molecule has 1 aliphatic heterocycles. The van der Waals surface area contributed by atoms with E-state index >= 15 is 0 Å². The summed E-state index contributed by atoms with van der Waals surface area (Å²) in [4.78, 5) is 23.1. The van der Waals surface area contributed by atoms with Gasteiger partial charge in [0.05, 0.1) is 5.56 Å². The first-order chi connectivity index (χ1) is 11.7. The number of nitrogens with zero attached hydrogens (tertiary/aromatic N) is 3. The van der Waals surface area contributed by atoms with E-state index in [1.165, 1.54) is 18.4 Å². The van der Waals surface area contributed by atoms with E-state index in [1.54, 1.807) is 12.4 Å². The summed E-state index contributed by atoms with van der Waals surface area (Å²) >= 11 is 0. The van der Waals surface area contributed by atoms with E-state index in [4.69, 9.17) is 0 Å². The third-order valence-corrected chi connectivity index (χ3v) is 4.51. The zero-order valence-electron chi connectivity index (χ0n) is 14.1. The molecular weight excluding hydrogens is 300 g/mol. The Hall–Kier alpha value is -2.43. The highest BCUT2D eigenvalue weighted by atomic mass is 16.1. The Balaban J connectivity index is 1.50. The molecule has 1 aromatic heterocycles. The number of anilines is 1. The van der Waals surface area contributed by atoms with Gasteiger partial charge in [-0.1, -0.05) is 37.3 Å². The van der Waals surface area contributed by atoms with Crippen LogP contribution in [0.2, 0.25) is 0 Å². The van der Waals surface area contributed by atoms with Crippen molar-refractivity contribution in [3.8, 4) is 0 Å². The number of nitrogens with one attached hydrogen (secondary N) is 1. The van der Waals surface area contributed by atoms with E-state index in [0.29, 0.717) is 12.1 Å². The lowest BCUT2D eigenvalue weighted by atomic mass is 10.00. The van der Waals surface area contributed by atoms with Crippen LogP contribution >= 0.6 is 0 Å². The van der Waals surface area contributed by atoms with Gasteiger partial charge in [-0.05, 0) is 30.7 Å². The molecule has 0 spiro atoms. The van der Waals surface area contributed by atoms with Gasteiger partial charge in [-0.25, -0.2) is 9.97 Å². The number of rotatable bonds is 5. The summed E-state index contributed by atoms with van der Waals surface area (Å²) in [6, 6.07) is 10.1. The van der Waals surface area contributed by atoms with Crippen molar-refractivity contribution in [3.05, 3.63) is 53.9 Å². The number of carbonyl (C=O) groups excluding carboxylic acids is 1. The molecule has 24 heavy (non-hydrogen) atoms. The van der Waals surface area contributed by atoms with E-state index < -0.39 is 0 Å². The maximum Gasteiger partial charge on any atom is 0.254 e. The predicted octanol–water partition coefficient (Wildman–Crippen LogP) is 2.69. The average molecular weight is 324 g/mol. The Morgan fingerprint density at radius 1 is 1.17 bits per heavy atom. The number of carbonyl (C=O) groups is 1. The van der Waals surface area contributed by atoms with E-state index in [9.17, 15) is 4.79 Å². The zero-order valence-corrected chi connectivity index (χ0v) is 14.1. The second-order valence-electron chi connectivity index (χ2n) is 6.43. The lowest BCUT2D eigenvalue weighted by Crippen LogP contribution is -2.34. The molecule has 3 rings (SSSR count). The van der Waals surface area contributed by atoms with Crippen LogP contribution in [0, 0.1) is 5.92 Å². The van der Waals surface area contributed by atoms with Crippen LogP contribution in [0.4, 0.5) is 5.95 Å². The molecule has 2 heterocycles. The molecule has 126 valence electrons. The fourth-order valence-corrected chi connectivity index (χ4v) is 2.88. The smallest absolute Gasteiger partial charge is 0.254 e. The standard InChI is InChI=1S/C19H24N4O/c1-15-8-11-23(12-9-15)19-21-13-17(14-22-19)18(24)20-10-7-16-5-3-2-4-6-16/h2-6,13-15H,7-12H2,1H3,(H,20,24). The number of hydrogen-bond donors (Lipinski definition) is 1. The lowest BCUT2D eigenvalue weighted by Gasteiger charge is -2.30. The molecule has 0 saturated carbocycles. The topological polar surface area (TPSA) is 58.1 Å². The monoisotopic (exact) mass is 324 g/mol. The van der Waals surface area contributed by atoms with Crippen molar-refractivity contribution in [1.82, 2.24) is 15.3 Å². The molecular formula is C19H24N4O. The molecule has 1 N–H and O–H groups in total. The summed E-state index contributed by atoms with van der Waals surface area (Å²) in [5, 5.41) is 2.92. The first-order valence-corrected chi connectivity index (χ1v) is 8.61. The van der Waals surface area contributed by atoms with Gasteiger partial charge in [0.15, 0.2) is 0 Å². The fourth-order valence-electron chi connectivity index (χ4n) is 2.88. The van der Waals surface area contributed by atoms with Crippen molar-refractivity contribution in [2.45, 2.75) is 26.2 Å². The molecule has 2 aromatic rings. The van der Waals surface area contributed by atoms with Crippen LogP contribution in [-0.4, -0.2) is 35.5 Å². The Kier molecular flexibility index (Phi) is 5.41. The van der Waals surface area contributed by atoms with E-state index in [-0.39, 0.29) is 5.91 Å². The molecule has 0 radical (unpaired) electrons. The molecule has 1 aliphatic rings. The molecule has 1 aromatic carbocycles. The highest BCUT2D eigenvalue weighted by molar-refractivity contribution is 5.93. The number of amides is 1. The maximum absolute atomic E-state index is 12.2. The minimum atomic E-state index is -0.121. The van der Waals surface area contributed by atoms with Crippen molar-refractivity contribution in [2.24, 2.45) is 5.92 Å². The van der Waals surface area contributed by atoms with Crippen LogP contribution in [0.1, 0.15) is 35.7 Å². The van der Waals surface area contributed by atoms with Gasteiger partial charge in [0.25, 0.3) is 5.91 Å². The van der Waals surface area contributed by atoms with Gasteiger partial charge in [-0.2, -0.15) is 0 Å². The SMILES string of the molecule is CC1CCN(c2ncc(C(=O)NCCc3ccccc3)cn2)CC1. The Morgan fingerprint density at radius 3 is 2.50 bits per heavy atom. The Morgan fingerprint density at radius 2 is 1.83 bits per heavy atom. The molecule has 1 saturated heterocycles. The van der Waals surface area contributed by atoms with Crippen molar-refractivity contribution in [3.63, 3.8) is 0 Å². The van der Waals surface area contributed by atoms with Crippen molar-refractivity contribution in [2.75, 3.05) is 24.5 Å². The summed E-state index contributed by atoms with van der Waals surface area (Å²) in [6.45, 7) is 4.86. The number of benzene rings is 1. The van der Waals surface area contributed by atoms with Gasteiger partial charge in [-0.3, -0.25) is 4.79 Å². The minimum absolute atomic E-state index is 0.121. The molecule has 0 unspecified atom stereocenters. The van der Waals surface area contributed by atoms with Gasteiger partial charge in [0, 0.05) is 32.0 Å². The van der Waals surface area contributed by atoms with Crippen molar-refractivity contribution in [1.29, 1.82) is 0 Å².